The highest BCUT2D eigenvalue weighted by molar-refractivity contribution is 6.51. The van der Waals surface area contributed by atoms with Gasteiger partial charge in [-0.2, -0.15) is 0 Å². The van der Waals surface area contributed by atoms with Crippen molar-refractivity contribution < 1.29 is 23.8 Å². The smallest absolute Gasteiger partial charge is 0.300 e. The molecular formula is C28H26FNO4. The minimum Gasteiger partial charge on any atom is -0.507 e. The molecule has 3 aromatic carbocycles. The van der Waals surface area contributed by atoms with Crippen molar-refractivity contribution in [1.29, 1.82) is 0 Å². The summed E-state index contributed by atoms with van der Waals surface area (Å²) in [4.78, 5) is 27.8. The average Bonchev–Trinajstić information content (AvgIpc) is 3.13. The molecule has 0 radical (unpaired) electrons. The van der Waals surface area contributed by atoms with Crippen molar-refractivity contribution in [2.75, 3.05) is 11.5 Å². The van der Waals surface area contributed by atoms with Crippen LogP contribution >= 0.6 is 0 Å². The van der Waals surface area contributed by atoms with Gasteiger partial charge in [0.2, 0.25) is 0 Å². The SMILES string of the molecule is CCCOc1cccc(/C(O)=C2/C(=O)C(=O)N(c3ccc(CC)cc3)C2c2ccc(F)cc2)c1. The molecule has 1 fully saturated rings. The van der Waals surface area contributed by atoms with Crippen molar-refractivity contribution in [3.63, 3.8) is 0 Å². The summed E-state index contributed by atoms with van der Waals surface area (Å²) in [6.45, 7) is 4.52. The van der Waals surface area contributed by atoms with Crippen LogP contribution in [0.3, 0.4) is 0 Å². The van der Waals surface area contributed by atoms with Gasteiger partial charge >= 0.3 is 0 Å². The lowest BCUT2D eigenvalue weighted by atomic mass is 9.95. The molecule has 6 heteroatoms. The lowest BCUT2D eigenvalue weighted by Crippen LogP contribution is -2.29. The molecule has 34 heavy (non-hydrogen) atoms. The highest BCUT2D eigenvalue weighted by Gasteiger charge is 2.47. The monoisotopic (exact) mass is 459 g/mol. The average molecular weight is 460 g/mol. The van der Waals surface area contributed by atoms with Gasteiger partial charge in [-0.05, 0) is 60.4 Å². The third-order valence-electron chi connectivity index (χ3n) is 5.83. The van der Waals surface area contributed by atoms with E-state index in [0.29, 0.717) is 29.2 Å². The quantitative estimate of drug-likeness (QED) is 0.275. The number of halogens is 1. The Bertz CT molecular complexity index is 1230. The summed E-state index contributed by atoms with van der Waals surface area (Å²) in [5.74, 6) is -1.74. The van der Waals surface area contributed by atoms with E-state index in [9.17, 15) is 19.1 Å². The van der Waals surface area contributed by atoms with E-state index in [1.54, 1.807) is 36.4 Å². The van der Waals surface area contributed by atoms with E-state index in [4.69, 9.17) is 4.74 Å². The van der Waals surface area contributed by atoms with Crippen LogP contribution < -0.4 is 9.64 Å². The third kappa shape index (κ3) is 4.44. The summed E-state index contributed by atoms with van der Waals surface area (Å²) in [5, 5.41) is 11.2. The van der Waals surface area contributed by atoms with Crippen LogP contribution in [-0.4, -0.2) is 23.4 Å². The second kappa shape index (κ2) is 9.91. The molecule has 3 aromatic rings. The molecule has 0 spiro atoms. The molecule has 4 rings (SSSR count). The number of aliphatic hydroxyl groups excluding tert-OH is 1. The summed E-state index contributed by atoms with van der Waals surface area (Å²) in [7, 11) is 0. The zero-order chi connectivity index (χ0) is 24.2. The molecule has 1 aliphatic heterocycles. The lowest BCUT2D eigenvalue weighted by molar-refractivity contribution is -0.132. The summed E-state index contributed by atoms with van der Waals surface area (Å²) in [5.41, 5.74) is 2.43. The Balaban J connectivity index is 1.87. The normalized spacial score (nSPS) is 17.3. The van der Waals surface area contributed by atoms with Crippen molar-refractivity contribution >= 4 is 23.1 Å². The second-order valence-electron chi connectivity index (χ2n) is 8.12. The van der Waals surface area contributed by atoms with Crippen LogP contribution in [0.15, 0.2) is 78.4 Å². The Hall–Kier alpha value is -3.93. The number of ether oxygens (including phenoxy) is 1. The Morgan fingerprint density at radius 2 is 1.71 bits per heavy atom. The van der Waals surface area contributed by atoms with Gasteiger partial charge in [0.25, 0.3) is 11.7 Å². The first-order chi connectivity index (χ1) is 16.4. The molecule has 1 heterocycles. The van der Waals surface area contributed by atoms with E-state index in [0.717, 1.165) is 18.4 Å². The molecule has 1 amide bonds. The van der Waals surface area contributed by atoms with Gasteiger partial charge in [0.1, 0.15) is 17.3 Å². The number of amides is 1. The maximum Gasteiger partial charge on any atom is 0.300 e. The number of carbonyl (C=O) groups is 2. The first kappa shape index (κ1) is 23.2. The number of Topliss-reactive ketones (excluding diaryl/α,β-unsaturated/α-hetero) is 1. The van der Waals surface area contributed by atoms with Gasteiger partial charge in [-0.25, -0.2) is 4.39 Å². The number of anilines is 1. The number of hydrogen-bond acceptors (Lipinski definition) is 4. The number of nitrogens with zero attached hydrogens (tertiary/aromatic N) is 1. The van der Waals surface area contributed by atoms with Gasteiger partial charge in [-0.15, -0.1) is 0 Å². The number of aryl methyl sites for hydroxylation is 1. The van der Waals surface area contributed by atoms with Gasteiger partial charge in [0.05, 0.1) is 18.2 Å². The zero-order valence-electron chi connectivity index (χ0n) is 19.1. The van der Waals surface area contributed by atoms with Crippen LogP contribution in [-0.2, 0) is 16.0 Å². The molecule has 0 aromatic heterocycles. The second-order valence-corrected chi connectivity index (χ2v) is 8.12. The fourth-order valence-electron chi connectivity index (χ4n) is 4.06. The zero-order valence-corrected chi connectivity index (χ0v) is 19.1. The van der Waals surface area contributed by atoms with Crippen LogP contribution in [0, 0.1) is 5.82 Å². The highest BCUT2D eigenvalue weighted by Crippen LogP contribution is 2.42. The van der Waals surface area contributed by atoms with Crippen molar-refractivity contribution in [2.45, 2.75) is 32.7 Å². The first-order valence-corrected chi connectivity index (χ1v) is 11.3. The van der Waals surface area contributed by atoms with Crippen LogP contribution in [0.5, 0.6) is 5.75 Å². The molecule has 1 N–H and O–H groups in total. The molecule has 1 atom stereocenters. The van der Waals surface area contributed by atoms with Gasteiger partial charge in [-0.3, -0.25) is 14.5 Å². The summed E-state index contributed by atoms with van der Waals surface area (Å²) >= 11 is 0. The number of benzene rings is 3. The fraction of sp³-hybridized carbons (Fsp3) is 0.214. The predicted molar refractivity (Wildman–Crippen MR) is 129 cm³/mol. The summed E-state index contributed by atoms with van der Waals surface area (Å²) < 4.78 is 19.3. The molecule has 174 valence electrons. The van der Waals surface area contributed by atoms with E-state index in [-0.39, 0.29) is 11.3 Å². The Kier molecular flexibility index (Phi) is 6.77. The fourth-order valence-corrected chi connectivity index (χ4v) is 4.06. The molecule has 1 aliphatic rings. The number of hydrogen-bond donors (Lipinski definition) is 1. The molecule has 0 aliphatic carbocycles. The maximum absolute atomic E-state index is 13.7. The highest BCUT2D eigenvalue weighted by atomic mass is 19.1. The molecule has 1 unspecified atom stereocenters. The standard InChI is InChI=1S/C28H26FNO4/c1-3-16-34-23-7-5-6-20(17-23)26(31)24-25(19-10-12-21(29)13-11-19)30(28(33)27(24)32)22-14-8-18(4-2)9-15-22/h5-15,17,25,31H,3-4,16H2,1-2H3/b26-24-. The van der Waals surface area contributed by atoms with Crippen LogP contribution in [0.4, 0.5) is 10.1 Å². The largest absolute Gasteiger partial charge is 0.507 e. The lowest BCUT2D eigenvalue weighted by Gasteiger charge is -2.25. The predicted octanol–water partition coefficient (Wildman–Crippen LogP) is 5.80. The Labute approximate surface area is 198 Å². The maximum atomic E-state index is 13.7. The van der Waals surface area contributed by atoms with E-state index >= 15 is 0 Å². The van der Waals surface area contributed by atoms with E-state index < -0.39 is 23.5 Å². The molecule has 1 saturated heterocycles. The molecule has 0 bridgehead atoms. The molecular weight excluding hydrogens is 433 g/mol. The van der Waals surface area contributed by atoms with Gasteiger partial charge in [0, 0.05) is 11.3 Å². The van der Waals surface area contributed by atoms with E-state index in [1.807, 2.05) is 26.0 Å². The third-order valence-corrected chi connectivity index (χ3v) is 5.83. The molecule has 0 saturated carbocycles. The first-order valence-electron chi connectivity index (χ1n) is 11.3. The van der Waals surface area contributed by atoms with Gasteiger partial charge < -0.3 is 9.84 Å². The number of ketones is 1. The topological polar surface area (TPSA) is 66.8 Å². The van der Waals surface area contributed by atoms with Crippen molar-refractivity contribution in [1.82, 2.24) is 0 Å². The number of rotatable bonds is 7. The van der Waals surface area contributed by atoms with Gasteiger partial charge in [0.15, 0.2) is 0 Å². The van der Waals surface area contributed by atoms with E-state index in [1.165, 1.54) is 29.2 Å². The van der Waals surface area contributed by atoms with E-state index in [2.05, 4.69) is 0 Å². The van der Waals surface area contributed by atoms with Crippen LogP contribution in [0.25, 0.3) is 5.76 Å². The minimum atomic E-state index is -0.909. The van der Waals surface area contributed by atoms with Gasteiger partial charge in [-0.1, -0.05) is 50.2 Å². The number of aliphatic hydroxyl groups is 1. The molecule has 5 nitrogen and oxygen atoms in total. The van der Waals surface area contributed by atoms with Crippen molar-refractivity contribution in [3.8, 4) is 5.75 Å². The minimum absolute atomic E-state index is 0.0520. The van der Waals surface area contributed by atoms with Crippen LogP contribution in [0.2, 0.25) is 0 Å². The number of carbonyl (C=O) groups excluding carboxylic acids is 2. The van der Waals surface area contributed by atoms with Crippen molar-refractivity contribution in [2.24, 2.45) is 0 Å². The van der Waals surface area contributed by atoms with Crippen molar-refractivity contribution in [3.05, 3.63) is 101 Å². The summed E-state index contributed by atoms with van der Waals surface area (Å²) in [6, 6.07) is 18.8. The Morgan fingerprint density at radius 3 is 2.35 bits per heavy atom. The van der Waals surface area contributed by atoms with Crippen LogP contribution in [0.1, 0.15) is 43.0 Å². The summed E-state index contributed by atoms with van der Waals surface area (Å²) in [6.07, 6.45) is 1.65. The Morgan fingerprint density at radius 1 is 1.00 bits per heavy atom.